The summed E-state index contributed by atoms with van der Waals surface area (Å²) in [6.07, 6.45) is 6.67. The summed E-state index contributed by atoms with van der Waals surface area (Å²) in [6, 6.07) is 1.87. The molecule has 2 aromatic rings. The van der Waals surface area contributed by atoms with Gasteiger partial charge >= 0.3 is 0 Å². The second-order valence-electron chi connectivity index (χ2n) is 2.10. The van der Waals surface area contributed by atoms with E-state index in [1.165, 1.54) is 6.33 Å². The van der Waals surface area contributed by atoms with Gasteiger partial charge in [0, 0.05) is 24.2 Å². The van der Waals surface area contributed by atoms with Gasteiger partial charge in [-0.1, -0.05) is 0 Å². The van der Waals surface area contributed by atoms with Gasteiger partial charge in [-0.3, -0.25) is 5.10 Å². The highest BCUT2D eigenvalue weighted by atomic mass is 15.1. The van der Waals surface area contributed by atoms with Gasteiger partial charge in [-0.2, -0.15) is 5.10 Å². The Hall–Kier alpha value is -1.71. The van der Waals surface area contributed by atoms with Gasteiger partial charge in [-0.25, -0.2) is 9.97 Å². The minimum atomic E-state index is 0.936. The summed E-state index contributed by atoms with van der Waals surface area (Å²) in [5.41, 5.74) is 1.88. The van der Waals surface area contributed by atoms with E-state index in [0.29, 0.717) is 0 Å². The molecule has 1 N–H and O–H groups in total. The molecule has 0 spiro atoms. The average molecular weight is 146 g/mol. The maximum Gasteiger partial charge on any atom is 0.115 e. The van der Waals surface area contributed by atoms with Crippen LogP contribution in [0.25, 0.3) is 11.3 Å². The van der Waals surface area contributed by atoms with Gasteiger partial charge in [-0.15, -0.1) is 0 Å². The summed E-state index contributed by atoms with van der Waals surface area (Å²) < 4.78 is 0. The molecule has 0 radical (unpaired) electrons. The summed E-state index contributed by atoms with van der Waals surface area (Å²) in [7, 11) is 0. The highest BCUT2D eigenvalue weighted by molar-refractivity contribution is 5.55. The number of H-pyrrole nitrogens is 1. The lowest BCUT2D eigenvalue weighted by molar-refractivity contribution is 1.08. The first-order chi connectivity index (χ1) is 5.47. The third-order valence-corrected chi connectivity index (χ3v) is 1.37. The Morgan fingerprint density at radius 1 is 1.18 bits per heavy atom. The standard InChI is InChI=1S/C7H6N4/c1-2-10-11-7(1)6-3-8-5-9-4-6/h1-5H,(H,10,11). The maximum absolute atomic E-state index is 3.88. The Labute approximate surface area is 63.3 Å². The van der Waals surface area contributed by atoms with Gasteiger partial charge in [0.05, 0.1) is 5.69 Å². The van der Waals surface area contributed by atoms with E-state index in [1.54, 1.807) is 18.6 Å². The fourth-order valence-corrected chi connectivity index (χ4v) is 0.855. The fourth-order valence-electron chi connectivity index (χ4n) is 0.855. The Kier molecular flexibility index (Phi) is 1.37. The average Bonchev–Trinajstić information content (AvgIpc) is 2.58. The third kappa shape index (κ3) is 1.10. The van der Waals surface area contributed by atoms with Crippen molar-refractivity contribution in [2.75, 3.05) is 0 Å². The van der Waals surface area contributed by atoms with Gasteiger partial charge in [0.2, 0.25) is 0 Å². The molecule has 4 heteroatoms. The van der Waals surface area contributed by atoms with Crippen molar-refractivity contribution >= 4 is 0 Å². The molecule has 0 saturated heterocycles. The fraction of sp³-hybridized carbons (Fsp3) is 0. The molecule has 0 bridgehead atoms. The number of hydrogen-bond acceptors (Lipinski definition) is 3. The molecule has 0 aliphatic carbocycles. The van der Waals surface area contributed by atoms with Crippen molar-refractivity contribution in [1.82, 2.24) is 20.2 Å². The molecular formula is C7H6N4. The van der Waals surface area contributed by atoms with Gasteiger partial charge in [-0.05, 0) is 6.07 Å². The zero-order valence-corrected chi connectivity index (χ0v) is 5.73. The van der Waals surface area contributed by atoms with Gasteiger partial charge in [0.15, 0.2) is 0 Å². The third-order valence-electron chi connectivity index (χ3n) is 1.37. The lowest BCUT2D eigenvalue weighted by Crippen LogP contribution is -1.81. The normalized spacial score (nSPS) is 9.82. The van der Waals surface area contributed by atoms with Crippen LogP contribution in [0.4, 0.5) is 0 Å². The molecule has 0 unspecified atom stereocenters. The summed E-state index contributed by atoms with van der Waals surface area (Å²) >= 11 is 0. The molecule has 2 aromatic heterocycles. The highest BCUT2D eigenvalue weighted by Gasteiger charge is 1.95. The zero-order chi connectivity index (χ0) is 7.52. The molecular weight excluding hydrogens is 140 g/mol. The number of nitrogens with zero attached hydrogens (tertiary/aromatic N) is 3. The summed E-state index contributed by atoms with van der Waals surface area (Å²) in [5, 5.41) is 6.64. The van der Waals surface area contributed by atoms with Crippen LogP contribution in [-0.4, -0.2) is 20.2 Å². The highest BCUT2D eigenvalue weighted by Crippen LogP contribution is 2.11. The van der Waals surface area contributed by atoms with Gasteiger partial charge < -0.3 is 0 Å². The quantitative estimate of drug-likeness (QED) is 0.649. The SMILES string of the molecule is c1ncc(-c2ccn[nH]2)cn1. The van der Waals surface area contributed by atoms with Crippen molar-refractivity contribution in [3.05, 3.63) is 31.0 Å². The Balaban J connectivity index is 2.46. The van der Waals surface area contributed by atoms with Crippen molar-refractivity contribution in [3.63, 3.8) is 0 Å². The zero-order valence-electron chi connectivity index (χ0n) is 5.73. The van der Waals surface area contributed by atoms with Gasteiger partial charge in [0.25, 0.3) is 0 Å². The van der Waals surface area contributed by atoms with E-state index >= 15 is 0 Å². The molecule has 0 atom stereocenters. The monoisotopic (exact) mass is 146 g/mol. The molecule has 0 aromatic carbocycles. The van der Waals surface area contributed by atoms with E-state index in [4.69, 9.17) is 0 Å². The van der Waals surface area contributed by atoms with Crippen LogP contribution in [0.1, 0.15) is 0 Å². The second kappa shape index (κ2) is 2.49. The number of nitrogens with one attached hydrogen (secondary N) is 1. The molecule has 11 heavy (non-hydrogen) atoms. The smallest absolute Gasteiger partial charge is 0.115 e. The molecule has 0 aliphatic rings. The number of rotatable bonds is 1. The van der Waals surface area contributed by atoms with Crippen molar-refractivity contribution in [3.8, 4) is 11.3 Å². The number of hydrogen-bond donors (Lipinski definition) is 1. The van der Waals surface area contributed by atoms with Crippen LogP contribution < -0.4 is 0 Å². The summed E-state index contributed by atoms with van der Waals surface area (Å²) in [4.78, 5) is 7.76. The minimum absolute atomic E-state index is 0.936. The molecule has 54 valence electrons. The molecule has 2 rings (SSSR count). The van der Waals surface area contributed by atoms with Crippen LogP contribution >= 0.6 is 0 Å². The van der Waals surface area contributed by atoms with Crippen LogP contribution in [0, 0.1) is 0 Å². The van der Waals surface area contributed by atoms with E-state index in [0.717, 1.165) is 11.3 Å². The molecule has 0 fully saturated rings. The molecule has 0 saturated carbocycles. The first kappa shape index (κ1) is 6.03. The first-order valence-electron chi connectivity index (χ1n) is 3.21. The van der Waals surface area contributed by atoms with Crippen molar-refractivity contribution in [1.29, 1.82) is 0 Å². The number of aromatic amines is 1. The number of aromatic nitrogens is 4. The van der Waals surface area contributed by atoms with Gasteiger partial charge in [0.1, 0.15) is 6.33 Å². The van der Waals surface area contributed by atoms with Crippen molar-refractivity contribution in [2.45, 2.75) is 0 Å². The van der Waals surface area contributed by atoms with E-state index in [9.17, 15) is 0 Å². The predicted molar refractivity (Wildman–Crippen MR) is 39.6 cm³/mol. The topological polar surface area (TPSA) is 54.5 Å². The van der Waals surface area contributed by atoms with Crippen molar-refractivity contribution < 1.29 is 0 Å². The van der Waals surface area contributed by atoms with Crippen LogP contribution in [-0.2, 0) is 0 Å². The molecule has 0 amide bonds. The first-order valence-corrected chi connectivity index (χ1v) is 3.21. The van der Waals surface area contributed by atoms with Crippen LogP contribution in [0.5, 0.6) is 0 Å². The van der Waals surface area contributed by atoms with E-state index in [1.807, 2.05) is 6.07 Å². The van der Waals surface area contributed by atoms with E-state index in [2.05, 4.69) is 20.2 Å². The van der Waals surface area contributed by atoms with Crippen LogP contribution in [0.3, 0.4) is 0 Å². The summed E-state index contributed by atoms with van der Waals surface area (Å²) in [6.45, 7) is 0. The van der Waals surface area contributed by atoms with E-state index in [-0.39, 0.29) is 0 Å². The largest absolute Gasteiger partial charge is 0.278 e. The van der Waals surface area contributed by atoms with Crippen LogP contribution in [0.2, 0.25) is 0 Å². The molecule has 0 aliphatic heterocycles. The van der Waals surface area contributed by atoms with E-state index < -0.39 is 0 Å². The predicted octanol–water partition coefficient (Wildman–Crippen LogP) is 0.867. The second-order valence-corrected chi connectivity index (χ2v) is 2.10. The molecule has 2 heterocycles. The lowest BCUT2D eigenvalue weighted by Gasteiger charge is -1.91. The van der Waals surface area contributed by atoms with Crippen LogP contribution in [0.15, 0.2) is 31.0 Å². The lowest BCUT2D eigenvalue weighted by atomic mass is 10.2. The Bertz CT molecular complexity index is 313. The summed E-state index contributed by atoms with van der Waals surface area (Å²) in [5.74, 6) is 0. The Morgan fingerprint density at radius 2 is 2.00 bits per heavy atom. The Morgan fingerprint density at radius 3 is 2.64 bits per heavy atom. The van der Waals surface area contributed by atoms with Crippen molar-refractivity contribution in [2.24, 2.45) is 0 Å². The minimum Gasteiger partial charge on any atom is -0.278 e. The maximum atomic E-state index is 3.88. The molecule has 4 nitrogen and oxygen atoms in total.